The summed E-state index contributed by atoms with van der Waals surface area (Å²) in [6.45, 7) is 2.60. The fourth-order valence-electron chi connectivity index (χ4n) is 4.06. The van der Waals surface area contributed by atoms with Gasteiger partial charge < -0.3 is 9.88 Å². The van der Waals surface area contributed by atoms with E-state index in [1.54, 1.807) is 24.3 Å². The van der Waals surface area contributed by atoms with Crippen LogP contribution in [0.15, 0.2) is 58.1 Å². The molecule has 1 saturated heterocycles. The van der Waals surface area contributed by atoms with Crippen LogP contribution in [0.4, 0.5) is 4.39 Å². The molecule has 1 aliphatic heterocycles. The second-order valence-corrected chi connectivity index (χ2v) is 7.58. The van der Waals surface area contributed by atoms with E-state index >= 15 is 0 Å². The van der Waals surface area contributed by atoms with Crippen molar-refractivity contribution in [2.75, 3.05) is 19.6 Å². The molecule has 150 valence electrons. The molecule has 6 nitrogen and oxygen atoms in total. The third-order valence-electron chi connectivity index (χ3n) is 5.77. The molecule has 2 heterocycles. The minimum Gasteiger partial charge on any atom is -0.333 e. The Labute approximate surface area is 166 Å². The molecule has 0 unspecified atom stereocenters. The number of carbonyl (C=O) groups is 1. The van der Waals surface area contributed by atoms with Crippen molar-refractivity contribution in [3.63, 3.8) is 0 Å². The summed E-state index contributed by atoms with van der Waals surface area (Å²) in [7, 11) is 0. The molecule has 0 radical (unpaired) electrons. The molecule has 29 heavy (non-hydrogen) atoms. The Morgan fingerprint density at radius 1 is 1.07 bits per heavy atom. The maximum atomic E-state index is 13.0. The van der Waals surface area contributed by atoms with Gasteiger partial charge in [0, 0.05) is 24.3 Å². The van der Waals surface area contributed by atoms with E-state index in [4.69, 9.17) is 0 Å². The normalized spacial score (nSPS) is 19.3. The molecule has 7 heteroatoms. The quantitative estimate of drug-likeness (QED) is 0.632. The van der Waals surface area contributed by atoms with E-state index in [9.17, 15) is 18.8 Å². The first-order valence-corrected chi connectivity index (χ1v) is 9.88. The number of piperidine rings is 1. The van der Waals surface area contributed by atoms with E-state index in [-0.39, 0.29) is 23.1 Å². The van der Waals surface area contributed by atoms with Gasteiger partial charge in [-0.1, -0.05) is 12.1 Å². The molecule has 0 bridgehead atoms. The van der Waals surface area contributed by atoms with E-state index in [2.05, 4.69) is 4.98 Å². The van der Waals surface area contributed by atoms with Crippen molar-refractivity contribution in [1.29, 1.82) is 0 Å². The number of benzene rings is 2. The predicted molar refractivity (Wildman–Crippen MR) is 108 cm³/mol. The van der Waals surface area contributed by atoms with Crippen LogP contribution in [0.25, 0.3) is 10.9 Å². The number of carbonyl (C=O) groups excluding carboxylic acids is 1. The molecule has 1 aliphatic rings. The van der Waals surface area contributed by atoms with Crippen LogP contribution in [0, 0.1) is 11.7 Å². The number of fused-ring (bicyclic) bond motifs is 1. The lowest BCUT2D eigenvalue weighted by Gasteiger charge is -2.28. The first kappa shape index (κ1) is 19.3. The number of quaternary nitrogens is 1. The van der Waals surface area contributed by atoms with Crippen LogP contribution in [0.3, 0.4) is 0 Å². The minimum absolute atomic E-state index is 0.0593. The highest BCUT2D eigenvalue weighted by atomic mass is 19.1. The molecular formula is C22H23FN3O3+. The lowest BCUT2D eigenvalue weighted by atomic mass is 9.89. The van der Waals surface area contributed by atoms with Gasteiger partial charge in [-0.25, -0.2) is 9.18 Å². The summed E-state index contributed by atoms with van der Waals surface area (Å²) in [6.07, 6.45) is 1.49. The number of aromatic nitrogens is 2. The smallest absolute Gasteiger partial charge is 0.329 e. The van der Waals surface area contributed by atoms with Crippen molar-refractivity contribution < 1.29 is 14.1 Å². The van der Waals surface area contributed by atoms with Gasteiger partial charge in [-0.15, -0.1) is 0 Å². The first-order chi connectivity index (χ1) is 14.0. The van der Waals surface area contributed by atoms with Crippen LogP contribution in [-0.4, -0.2) is 35.0 Å². The highest BCUT2D eigenvalue weighted by Gasteiger charge is 2.28. The van der Waals surface area contributed by atoms with Gasteiger partial charge in [0.05, 0.1) is 37.1 Å². The van der Waals surface area contributed by atoms with E-state index in [0.29, 0.717) is 29.6 Å². The van der Waals surface area contributed by atoms with Crippen LogP contribution < -0.4 is 16.1 Å². The van der Waals surface area contributed by atoms with E-state index in [1.807, 2.05) is 0 Å². The van der Waals surface area contributed by atoms with Crippen molar-refractivity contribution in [3.05, 3.63) is 80.7 Å². The Morgan fingerprint density at radius 2 is 1.76 bits per heavy atom. The minimum atomic E-state index is -0.394. The number of para-hydroxylation sites is 1. The summed E-state index contributed by atoms with van der Waals surface area (Å²) >= 11 is 0. The molecule has 0 aliphatic carbocycles. The number of ketones is 1. The van der Waals surface area contributed by atoms with Gasteiger partial charge in [-0.2, -0.15) is 0 Å². The monoisotopic (exact) mass is 396 g/mol. The molecule has 2 N–H and O–H groups in total. The average Bonchev–Trinajstić information content (AvgIpc) is 2.74. The largest absolute Gasteiger partial charge is 0.333 e. The summed E-state index contributed by atoms with van der Waals surface area (Å²) in [6, 6.07) is 12.7. The zero-order chi connectivity index (χ0) is 20.4. The summed E-state index contributed by atoms with van der Waals surface area (Å²) in [5.74, 6) is -0.345. The lowest BCUT2D eigenvalue weighted by molar-refractivity contribution is -0.906. The van der Waals surface area contributed by atoms with Gasteiger partial charge in [-0.05, 0) is 36.4 Å². The summed E-state index contributed by atoms with van der Waals surface area (Å²) < 4.78 is 14.3. The number of Topliss-reactive ketones (excluding diaryl/α,β-unsaturated/α-hetero) is 1. The Balaban J connectivity index is 1.38. The first-order valence-electron chi connectivity index (χ1n) is 9.88. The highest BCUT2D eigenvalue weighted by molar-refractivity contribution is 5.97. The third-order valence-corrected chi connectivity index (χ3v) is 5.77. The van der Waals surface area contributed by atoms with Crippen LogP contribution in [0.2, 0.25) is 0 Å². The molecule has 0 spiro atoms. The average molecular weight is 396 g/mol. The standard InChI is InChI=1S/C22H22FN3O3/c23-17-7-5-15(6-8-17)20(27)16-9-11-25(12-10-16)13-14-26-21(28)18-3-1-2-4-19(18)24-22(26)29/h1-8,16H,9-14H2,(H,24,29)/p+1. The Kier molecular flexibility index (Phi) is 5.40. The summed E-state index contributed by atoms with van der Waals surface area (Å²) in [5, 5.41) is 0.505. The van der Waals surface area contributed by atoms with Crippen LogP contribution in [0.5, 0.6) is 0 Å². The van der Waals surface area contributed by atoms with Crippen molar-refractivity contribution in [2.24, 2.45) is 5.92 Å². The maximum Gasteiger partial charge on any atom is 0.329 e. The Morgan fingerprint density at radius 3 is 2.48 bits per heavy atom. The number of aromatic amines is 1. The maximum absolute atomic E-state index is 13.0. The van der Waals surface area contributed by atoms with Crippen LogP contribution >= 0.6 is 0 Å². The molecule has 2 aromatic carbocycles. The molecule has 1 aromatic heterocycles. The number of likely N-dealkylation sites (tertiary alicyclic amines) is 1. The topological polar surface area (TPSA) is 76.4 Å². The number of rotatable bonds is 5. The fourth-order valence-corrected chi connectivity index (χ4v) is 4.06. The predicted octanol–water partition coefficient (Wildman–Crippen LogP) is 1.01. The highest BCUT2D eigenvalue weighted by Crippen LogP contribution is 2.17. The third kappa shape index (κ3) is 4.05. The van der Waals surface area contributed by atoms with Crippen molar-refractivity contribution in [3.8, 4) is 0 Å². The number of H-pyrrole nitrogens is 1. The molecule has 4 rings (SSSR count). The van der Waals surface area contributed by atoms with Gasteiger partial charge >= 0.3 is 5.69 Å². The molecule has 0 atom stereocenters. The SMILES string of the molecule is O=C(c1ccc(F)cc1)C1CC[NH+](CCn2c(=O)[nH]c3ccccc3c2=O)CC1. The summed E-state index contributed by atoms with van der Waals surface area (Å²) in [5.41, 5.74) is 0.430. The van der Waals surface area contributed by atoms with Gasteiger partial charge in [0.15, 0.2) is 5.78 Å². The Bertz CT molecular complexity index is 1140. The van der Waals surface area contributed by atoms with Gasteiger partial charge in [0.2, 0.25) is 0 Å². The second-order valence-electron chi connectivity index (χ2n) is 7.58. The molecule has 1 fully saturated rings. The van der Waals surface area contributed by atoms with Gasteiger partial charge in [-0.3, -0.25) is 14.2 Å². The molecule has 0 amide bonds. The number of nitrogens with one attached hydrogen (secondary N) is 2. The Hall–Kier alpha value is -3.06. The van der Waals surface area contributed by atoms with E-state index in [0.717, 1.165) is 25.9 Å². The molecule has 0 saturated carbocycles. The lowest BCUT2D eigenvalue weighted by Crippen LogP contribution is -3.13. The summed E-state index contributed by atoms with van der Waals surface area (Å²) in [4.78, 5) is 41.5. The van der Waals surface area contributed by atoms with Crippen LogP contribution in [0.1, 0.15) is 23.2 Å². The van der Waals surface area contributed by atoms with Crippen molar-refractivity contribution >= 4 is 16.7 Å². The van der Waals surface area contributed by atoms with Crippen LogP contribution in [-0.2, 0) is 6.54 Å². The number of hydrogen-bond donors (Lipinski definition) is 2. The van der Waals surface area contributed by atoms with E-state index < -0.39 is 5.69 Å². The zero-order valence-corrected chi connectivity index (χ0v) is 16.0. The zero-order valence-electron chi connectivity index (χ0n) is 16.0. The number of nitrogens with zero attached hydrogens (tertiary/aromatic N) is 1. The van der Waals surface area contributed by atoms with Gasteiger partial charge in [0.1, 0.15) is 5.82 Å². The van der Waals surface area contributed by atoms with Crippen molar-refractivity contribution in [1.82, 2.24) is 9.55 Å². The molecular weight excluding hydrogens is 373 g/mol. The molecule has 3 aromatic rings. The fraction of sp³-hybridized carbons (Fsp3) is 0.318. The van der Waals surface area contributed by atoms with E-state index in [1.165, 1.54) is 33.7 Å². The van der Waals surface area contributed by atoms with Crippen molar-refractivity contribution in [2.45, 2.75) is 19.4 Å². The van der Waals surface area contributed by atoms with Gasteiger partial charge in [0.25, 0.3) is 5.56 Å². The second kappa shape index (κ2) is 8.13. The number of hydrogen-bond acceptors (Lipinski definition) is 3. The number of halogens is 1.